The van der Waals surface area contributed by atoms with Crippen LogP contribution in [0.5, 0.6) is 0 Å². The van der Waals surface area contributed by atoms with Crippen molar-refractivity contribution in [1.29, 1.82) is 0 Å². The molecule has 2 N–H and O–H groups in total. The number of benzene rings is 2. The number of halogens is 1. The highest BCUT2D eigenvalue weighted by Crippen LogP contribution is 2.34. The Morgan fingerprint density at radius 2 is 1.63 bits per heavy atom. The molecule has 1 aliphatic heterocycles. The Morgan fingerprint density at radius 1 is 1.04 bits per heavy atom. The van der Waals surface area contributed by atoms with Crippen LogP contribution in [-0.4, -0.2) is 43.2 Å². The molecule has 1 saturated heterocycles. The van der Waals surface area contributed by atoms with Crippen molar-refractivity contribution >= 4 is 22.6 Å². The van der Waals surface area contributed by atoms with E-state index in [4.69, 9.17) is 5.73 Å². The lowest BCUT2D eigenvalue weighted by atomic mass is 9.89. The molecule has 0 spiro atoms. The van der Waals surface area contributed by atoms with Gasteiger partial charge < -0.3 is 5.73 Å². The zero-order valence-electron chi connectivity index (χ0n) is 15.6. The van der Waals surface area contributed by atoms with Crippen molar-refractivity contribution in [3.63, 3.8) is 0 Å². The van der Waals surface area contributed by atoms with E-state index in [1.54, 1.807) is 8.61 Å². The highest BCUT2D eigenvalue weighted by atomic mass is 35.5. The first-order chi connectivity index (χ1) is 12.6. The van der Waals surface area contributed by atoms with E-state index in [0.717, 1.165) is 11.1 Å². The summed E-state index contributed by atoms with van der Waals surface area (Å²) in [4.78, 5) is 0. The molecule has 0 bridgehead atoms. The Bertz CT molecular complexity index is 802. The normalized spacial score (nSPS) is 20.6. The molecule has 3 rings (SSSR count). The Labute approximate surface area is 168 Å². The van der Waals surface area contributed by atoms with Crippen molar-refractivity contribution in [3.05, 3.63) is 71.8 Å². The van der Waals surface area contributed by atoms with Gasteiger partial charge >= 0.3 is 0 Å². The van der Waals surface area contributed by atoms with Gasteiger partial charge in [0.25, 0.3) is 10.2 Å². The van der Waals surface area contributed by atoms with Crippen LogP contribution in [0.4, 0.5) is 0 Å². The Kier molecular flexibility index (Phi) is 7.82. The summed E-state index contributed by atoms with van der Waals surface area (Å²) in [6.07, 6.45) is 0. The van der Waals surface area contributed by atoms with Crippen molar-refractivity contribution in [1.82, 2.24) is 8.61 Å². The Hall–Kier alpha value is -1.44. The van der Waals surface area contributed by atoms with Crippen LogP contribution in [0.3, 0.4) is 0 Å². The minimum absolute atomic E-state index is 0. The molecule has 1 aliphatic rings. The van der Waals surface area contributed by atoms with Crippen molar-refractivity contribution < 1.29 is 8.42 Å². The number of hydrogen-bond donors (Lipinski definition) is 1. The van der Waals surface area contributed by atoms with E-state index in [1.807, 2.05) is 55.5 Å². The second kappa shape index (κ2) is 9.66. The fraction of sp³-hybridized carbons (Fsp3) is 0.400. The third kappa shape index (κ3) is 4.89. The lowest BCUT2D eigenvalue weighted by Crippen LogP contribution is -2.42. The standard InChI is InChI=1S/C20H27N3O2S.ClH/c1-2-22(14-17-9-5-3-6-10-17)26(24,25)23-15-19(13-21)20(16-23)18-11-7-4-8-12-18;/h3-12,19-20H,2,13-16,21H2,1H3;1H/t19-,20+;/m1./s1. The number of hydrogen-bond acceptors (Lipinski definition) is 3. The molecule has 2 atom stereocenters. The predicted octanol–water partition coefficient (Wildman–Crippen LogP) is 2.85. The van der Waals surface area contributed by atoms with Gasteiger partial charge in [0.15, 0.2) is 0 Å². The molecule has 0 aromatic heterocycles. The summed E-state index contributed by atoms with van der Waals surface area (Å²) < 4.78 is 29.6. The molecule has 1 fully saturated rings. The first-order valence-corrected chi connectivity index (χ1v) is 10.5. The molecule has 1 heterocycles. The van der Waals surface area contributed by atoms with Crippen molar-refractivity contribution in [2.24, 2.45) is 11.7 Å². The highest BCUT2D eigenvalue weighted by Gasteiger charge is 2.40. The fourth-order valence-electron chi connectivity index (χ4n) is 3.64. The molecular weight excluding hydrogens is 382 g/mol. The molecule has 0 unspecified atom stereocenters. The number of nitrogens with zero attached hydrogens (tertiary/aromatic N) is 2. The lowest BCUT2D eigenvalue weighted by molar-refractivity contribution is 0.360. The summed E-state index contributed by atoms with van der Waals surface area (Å²) in [7, 11) is -3.52. The van der Waals surface area contributed by atoms with Gasteiger partial charge in [-0.05, 0) is 23.6 Å². The van der Waals surface area contributed by atoms with Crippen LogP contribution in [0.25, 0.3) is 0 Å². The topological polar surface area (TPSA) is 66.6 Å². The fourth-order valence-corrected chi connectivity index (χ4v) is 5.34. The molecule has 148 valence electrons. The third-order valence-corrected chi connectivity index (χ3v) is 7.14. The van der Waals surface area contributed by atoms with Gasteiger partial charge in [0.1, 0.15) is 0 Å². The average molecular weight is 410 g/mol. The van der Waals surface area contributed by atoms with Gasteiger partial charge in [0.05, 0.1) is 0 Å². The second-order valence-corrected chi connectivity index (χ2v) is 8.68. The van der Waals surface area contributed by atoms with Crippen LogP contribution in [-0.2, 0) is 16.8 Å². The van der Waals surface area contributed by atoms with E-state index >= 15 is 0 Å². The smallest absolute Gasteiger partial charge is 0.282 e. The maximum atomic E-state index is 13.2. The highest BCUT2D eigenvalue weighted by molar-refractivity contribution is 7.86. The molecule has 5 nitrogen and oxygen atoms in total. The summed E-state index contributed by atoms with van der Waals surface area (Å²) >= 11 is 0. The summed E-state index contributed by atoms with van der Waals surface area (Å²) in [6, 6.07) is 19.8. The summed E-state index contributed by atoms with van der Waals surface area (Å²) in [6.45, 7) is 4.15. The lowest BCUT2D eigenvalue weighted by Gasteiger charge is -2.26. The van der Waals surface area contributed by atoms with E-state index < -0.39 is 10.2 Å². The van der Waals surface area contributed by atoms with Gasteiger partial charge in [-0.3, -0.25) is 0 Å². The quantitative estimate of drug-likeness (QED) is 0.764. The summed E-state index contributed by atoms with van der Waals surface area (Å²) in [5, 5.41) is 0. The molecule has 0 radical (unpaired) electrons. The van der Waals surface area contributed by atoms with Crippen LogP contribution < -0.4 is 5.73 Å². The molecule has 2 aromatic rings. The maximum absolute atomic E-state index is 13.2. The van der Waals surface area contributed by atoms with Crippen molar-refractivity contribution in [3.8, 4) is 0 Å². The first-order valence-electron chi connectivity index (χ1n) is 9.10. The minimum Gasteiger partial charge on any atom is -0.330 e. The Morgan fingerprint density at radius 3 is 2.19 bits per heavy atom. The predicted molar refractivity (Wildman–Crippen MR) is 112 cm³/mol. The van der Waals surface area contributed by atoms with E-state index in [0.29, 0.717) is 32.7 Å². The van der Waals surface area contributed by atoms with E-state index in [1.165, 1.54) is 0 Å². The molecule has 0 aliphatic carbocycles. The van der Waals surface area contributed by atoms with Gasteiger partial charge in [0, 0.05) is 32.1 Å². The van der Waals surface area contributed by atoms with Crippen LogP contribution in [0.2, 0.25) is 0 Å². The molecular formula is C20H28ClN3O2S. The molecule has 27 heavy (non-hydrogen) atoms. The first kappa shape index (κ1) is 21.9. The van der Waals surface area contributed by atoms with Crippen LogP contribution >= 0.6 is 12.4 Å². The van der Waals surface area contributed by atoms with E-state index in [-0.39, 0.29) is 24.2 Å². The third-order valence-electron chi connectivity index (χ3n) is 5.15. The van der Waals surface area contributed by atoms with Gasteiger partial charge in [0.2, 0.25) is 0 Å². The monoisotopic (exact) mass is 409 g/mol. The van der Waals surface area contributed by atoms with Gasteiger partial charge in [-0.2, -0.15) is 17.0 Å². The number of rotatable bonds is 7. The summed E-state index contributed by atoms with van der Waals surface area (Å²) in [5.41, 5.74) is 8.12. The van der Waals surface area contributed by atoms with Gasteiger partial charge in [-0.1, -0.05) is 67.6 Å². The molecule has 7 heteroatoms. The van der Waals surface area contributed by atoms with Crippen molar-refractivity contribution in [2.45, 2.75) is 19.4 Å². The van der Waals surface area contributed by atoms with Gasteiger partial charge in [-0.25, -0.2) is 0 Å². The van der Waals surface area contributed by atoms with Crippen LogP contribution in [0, 0.1) is 5.92 Å². The summed E-state index contributed by atoms with van der Waals surface area (Å²) in [5.74, 6) is 0.286. The zero-order chi connectivity index (χ0) is 18.6. The molecule has 0 amide bonds. The van der Waals surface area contributed by atoms with Crippen LogP contribution in [0.1, 0.15) is 24.0 Å². The Balaban J connectivity index is 0.00000261. The molecule has 2 aromatic carbocycles. The van der Waals surface area contributed by atoms with Crippen molar-refractivity contribution in [2.75, 3.05) is 26.2 Å². The van der Waals surface area contributed by atoms with Crippen LogP contribution in [0.15, 0.2) is 60.7 Å². The largest absolute Gasteiger partial charge is 0.330 e. The van der Waals surface area contributed by atoms with Gasteiger partial charge in [-0.15, -0.1) is 12.4 Å². The maximum Gasteiger partial charge on any atom is 0.282 e. The second-order valence-electron chi connectivity index (χ2n) is 6.75. The van der Waals surface area contributed by atoms with E-state index in [2.05, 4.69) is 12.1 Å². The SMILES string of the molecule is CCN(Cc1ccccc1)S(=O)(=O)N1C[C@@H](CN)[C@H](c2ccccc2)C1.Cl. The average Bonchev–Trinajstić information content (AvgIpc) is 3.13. The zero-order valence-corrected chi connectivity index (χ0v) is 17.2. The van der Waals surface area contributed by atoms with E-state index in [9.17, 15) is 8.42 Å². The molecule has 0 saturated carbocycles. The minimum atomic E-state index is -3.52. The number of nitrogens with two attached hydrogens (primary N) is 1.